The van der Waals surface area contributed by atoms with Crippen LogP contribution in [0.5, 0.6) is 0 Å². The van der Waals surface area contributed by atoms with Crippen molar-refractivity contribution in [3.05, 3.63) is 119 Å². The van der Waals surface area contributed by atoms with Gasteiger partial charge in [-0.1, -0.05) is 103 Å². The lowest BCUT2D eigenvalue weighted by atomic mass is 9.88. The van der Waals surface area contributed by atoms with Crippen LogP contribution in [0.2, 0.25) is 5.02 Å². The number of hydrogen-bond acceptors (Lipinski definition) is 4. The van der Waals surface area contributed by atoms with Gasteiger partial charge in [0.15, 0.2) is 5.66 Å². The molecule has 0 fully saturated rings. The first-order valence-corrected chi connectivity index (χ1v) is 12.0. The van der Waals surface area contributed by atoms with Crippen LogP contribution in [0.4, 0.5) is 0 Å². The van der Waals surface area contributed by atoms with E-state index in [1.165, 1.54) is 0 Å². The third-order valence-electron chi connectivity index (χ3n) is 6.54. The molecule has 3 unspecified atom stereocenters. The summed E-state index contributed by atoms with van der Waals surface area (Å²) in [7, 11) is 0. The van der Waals surface area contributed by atoms with Crippen molar-refractivity contribution in [3.63, 3.8) is 0 Å². The number of allylic oxidation sites excluding steroid dienone is 3. The molecule has 0 saturated carbocycles. The van der Waals surface area contributed by atoms with E-state index in [1.54, 1.807) is 12.1 Å². The molecule has 0 aromatic heterocycles. The second-order valence-electron chi connectivity index (χ2n) is 9.00. The van der Waals surface area contributed by atoms with Crippen LogP contribution in [0.1, 0.15) is 30.5 Å². The fourth-order valence-corrected chi connectivity index (χ4v) is 4.88. The number of nitrogens with one attached hydrogen (secondary N) is 1. The maximum atomic E-state index is 9.26. The molecule has 3 aromatic carbocycles. The van der Waals surface area contributed by atoms with E-state index < -0.39 is 5.66 Å². The van der Waals surface area contributed by atoms with E-state index in [2.05, 4.69) is 61.7 Å². The lowest BCUT2D eigenvalue weighted by Crippen LogP contribution is -2.47. The third-order valence-corrected chi connectivity index (χ3v) is 6.85. The van der Waals surface area contributed by atoms with Gasteiger partial charge in [0.25, 0.3) is 0 Å². The van der Waals surface area contributed by atoms with Crippen molar-refractivity contribution in [1.82, 2.24) is 5.32 Å². The molecular weight excluding hydrogens is 452 g/mol. The summed E-state index contributed by atoms with van der Waals surface area (Å²) in [5.41, 5.74) is 3.62. The molecule has 3 atom stereocenters. The Balaban J connectivity index is 1.66. The lowest BCUT2D eigenvalue weighted by Gasteiger charge is -2.35. The summed E-state index contributed by atoms with van der Waals surface area (Å²) in [4.78, 5) is 10.2. The molecule has 1 heterocycles. The highest BCUT2D eigenvalue weighted by atomic mass is 35.5. The highest BCUT2D eigenvalue weighted by Crippen LogP contribution is 2.35. The molecule has 4 nitrogen and oxygen atoms in total. The Bertz CT molecular complexity index is 1430. The second-order valence-corrected chi connectivity index (χ2v) is 9.41. The van der Waals surface area contributed by atoms with Gasteiger partial charge in [-0.3, -0.25) is 0 Å². The predicted molar refractivity (Wildman–Crippen MR) is 143 cm³/mol. The third kappa shape index (κ3) is 4.43. The molecule has 0 spiro atoms. The monoisotopic (exact) mass is 476 g/mol. The van der Waals surface area contributed by atoms with Crippen molar-refractivity contribution in [2.75, 3.05) is 0 Å². The second kappa shape index (κ2) is 9.37. The molecule has 5 rings (SSSR count). The van der Waals surface area contributed by atoms with Gasteiger partial charge in [0, 0.05) is 22.1 Å². The number of aliphatic imine (C=N–C) groups is 2. The molecule has 172 valence electrons. The number of benzene rings is 3. The minimum atomic E-state index is -0.691. The van der Waals surface area contributed by atoms with Crippen molar-refractivity contribution >= 4 is 23.3 Å². The summed E-state index contributed by atoms with van der Waals surface area (Å²) >= 11 is 6.62. The van der Waals surface area contributed by atoms with Crippen LogP contribution < -0.4 is 5.32 Å². The molecule has 0 radical (unpaired) electrons. The van der Waals surface area contributed by atoms with Crippen LogP contribution in [0, 0.1) is 23.2 Å². The van der Waals surface area contributed by atoms with Crippen molar-refractivity contribution in [2.24, 2.45) is 21.8 Å². The van der Waals surface area contributed by atoms with Crippen molar-refractivity contribution in [1.29, 1.82) is 5.26 Å². The van der Waals surface area contributed by atoms with Crippen LogP contribution in [0.15, 0.2) is 107 Å². The largest absolute Gasteiger partial charge is 0.342 e. The summed E-state index contributed by atoms with van der Waals surface area (Å²) in [6.07, 6.45) is 8.50. The maximum absolute atomic E-state index is 9.26. The Morgan fingerprint density at radius 1 is 0.914 bits per heavy atom. The van der Waals surface area contributed by atoms with Crippen molar-refractivity contribution in [3.8, 4) is 17.2 Å². The van der Waals surface area contributed by atoms with Crippen molar-refractivity contribution < 1.29 is 0 Å². The number of nitriles is 1. The molecule has 1 aliphatic carbocycles. The fraction of sp³-hybridized carbons (Fsp3) is 0.167. The Morgan fingerprint density at radius 3 is 2.34 bits per heavy atom. The summed E-state index contributed by atoms with van der Waals surface area (Å²) in [5, 5.41) is 13.4. The van der Waals surface area contributed by atoms with E-state index in [9.17, 15) is 5.26 Å². The molecule has 35 heavy (non-hydrogen) atoms. The molecule has 1 N–H and O–H groups in total. The zero-order chi connectivity index (χ0) is 24.4. The van der Waals surface area contributed by atoms with Gasteiger partial charge in [-0.25, -0.2) is 9.98 Å². The van der Waals surface area contributed by atoms with Crippen LogP contribution in [0.25, 0.3) is 11.1 Å². The number of hydrogen-bond donors (Lipinski definition) is 1. The first-order valence-electron chi connectivity index (χ1n) is 11.6. The summed E-state index contributed by atoms with van der Waals surface area (Å²) in [6.45, 7) is 4.27. The quantitative estimate of drug-likeness (QED) is 0.446. The van der Waals surface area contributed by atoms with Gasteiger partial charge < -0.3 is 5.32 Å². The number of nitrogens with zero attached hydrogens (tertiary/aromatic N) is 3. The number of halogens is 1. The average Bonchev–Trinajstić information content (AvgIpc) is 2.89. The lowest BCUT2D eigenvalue weighted by molar-refractivity contribution is 0.446. The first kappa shape index (κ1) is 22.8. The molecule has 1 aliphatic heterocycles. The van der Waals surface area contributed by atoms with Gasteiger partial charge in [-0.15, -0.1) is 0 Å². The SMILES string of the molecule is CC1C=CC=CC1C1=NC(C)(c2ccccc2)NC(c2ccccc2-c2ccc(C#N)cc2Cl)=N1. The summed E-state index contributed by atoms with van der Waals surface area (Å²) < 4.78 is 0. The molecule has 0 bridgehead atoms. The summed E-state index contributed by atoms with van der Waals surface area (Å²) in [6, 6.07) is 25.8. The van der Waals surface area contributed by atoms with Gasteiger partial charge in [-0.05, 0) is 36.1 Å². The molecule has 0 amide bonds. The van der Waals surface area contributed by atoms with Crippen LogP contribution in [0.3, 0.4) is 0 Å². The Morgan fingerprint density at radius 2 is 1.63 bits per heavy atom. The standard InChI is InChI=1S/C30H25ClN4/c1-20-10-6-7-13-23(20)28-33-29(35-30(2,34-28)22-11-4-3-5-12-22)26-15-9-8-14-24(26)25-17-16-21(19-32)18-27(25)31/h3-18,20,23H,1-2H3,(H,33,34,35). The Labute approximate surface area is 211 Å². The molecule has 2 aliphatic rings. The van der Waals surface area contributed by atoms with E-state index >= 15 is 0 Å². The van der Waals surface area contributed by atoms with Gasteiger partial charge in [0.1, 0.15) is 11.7 Å². The highest BCUT2D eigenvalue weighted by Gasteiger charge is 2.35. The van der Waals surface area contributed by atoms with E-state index in [1.807, 2.05) is 48.5 Å². The fourth-order valence-electron chi connectivity index (χ4n) is 4.60. The predicted octanol–water partition coefficient (Wildman–Crippen LogP) is 6.88. The van der Waals surface area contributed by atoms with Crippen LogP contribution >= 0.6 is 11.6 Å². The van der Waals surface area contributed by atoms with Gasteiger partial charge >= 0.3 is 0 Å². The van der Waals surface area contributed by atoms with Crippen LogP contribution in [-0.2, 0) is 5.66 Å². The van der Waals surface area contributed by atoms with Crippen molar-refractivity contribution in [2.45, 2.75) is 19.5 Å². The number of amidine groups is 2. The smallest absolute Gasteiger partial charge is 0.156 e. The van der Waals surface area contributed by atoms with Gasteiger partial charge in [-0.2, -0.15) is 5.26 Å². The summed E-state index contributed by atoms with van der Waals surface area (Å²) in [5.74, 6) is 1.89. The van der Waals surface area contributed by atoms with E-state index in [-0.39, 0.29) is 11.8 Å². The molecule has 5 heteroatoms. The van der Waals surface area contributed by atoms with E-state index in [4.69, 9.17) is 21.6 Å². The van der Waals surface area contributed by atoms with E-state index in [0.717, 1.165) is 33.9 Å². The molecule has 3 aromatic rings. The molecule has 0 saturated heterocycles. The van der Waals surface area contributed by atoms with E-state index in [0.29, 0.717) is 10.6 Å². The van der Waals surface area contributed by atoms with Crippen LogP contribution in [-0.4, -0.2) is 11.7 Å². The zero-order valence-corrected chi connectivity index (χ0v) is 20.4. The highest BCUT2D eigenvalue weighted by molar-refractivity contribution is 6.33. The Kier molecular flexibility index (Phi) is 6.11. The number of rotatable bonds is 4. The zero-order valence-electron chi connectivity index (χ0n) is 19.6. The normalized spacial score (nSPS) is 23.1. The Hall–Kier alpha value is -3.94. The minimum absolute atomic E-state index is 0.0748. The van der Waals surface area contributed by atoms with Gasteiger partial charge in [0.2, 0.25) is 0 Å². The minimum Gasteiger partial charge on any atom is -0.342 e. The topological polar surface area (TPSA) is 60.5 Å². The first-order chi connectivity index (χ1) is 17.0. The molecular formula is C30H25ClN4. The average molecular weight is 477 g/mol. The maximum Gasteiger partial charge on any atom is 0.156 e. The van der Waals surface area contributed by atoms with Gasteiger partial charge in [0.05, 0.1) is 11.6 Å².